The maximum atomic E-state index is 12.6. The minimum absolute atomic E-state index is 0.244. The van der Waals surface area contributed by atoms with Crippen LogP contribution in [0.5, 0.6) is 0 Å². The normalized spacial score (nSPS) is 22.7. The van der Waals surface area contributed by atoms with Gasteiger partial charge in [-0.3, -0.25) is 4.79 Å². The first kappa shape index (κ1) is 15.5. The van der Waals surface area contributed by atoms with E-state index in [1.54, 1.807) is 0 Å². The summed E-state index contributed by atoms with van der Waals surface area (Å²) in [4.78, 5) is 14.6. The average Bonchev–Trinajstić information content (AvgIpc) is 2.46. The summed E-state index contributed by atoms with van der Waals surface area (Å²) in [6, 6.07) is 8.44. The van der Waals surface area contributed by atoms with Crippen LogP contribution in [0.3, 0.4) is 0 Å². The Labute approximate surface area is 133 Å². The lowest BCUT2D eigenvalue weighted by Crippen LogP contribution is -2.49. The van der Waals surface area contributed by atoms with Crippen LogP contribution in [0.1, 0.15) is 50.2 Å². The second-order valence-corrected chi connectivity index (χ2v) is 7.02. The number of hydrogen-bond acceptors (Lipinski definition) is 2. The molecule has 0 N–H and O–H groups in total. The first-order valence-electron chi connectivity index (χ1n) is 8.61. The molecule has 1 aromatic carbocycles. The molecule has 0 aromatic heterocycles. The third kappa shape index (κ3) is 3.52. The van der Waals surface area contributed by atoms with Crippen LogP contribution in [0, 0.1) is 5.92 Å². The Hall–Kier alpha value is -1.35. The Morgan fingerprint density at radius 3 is 2.86 bits per heavy atom. The zero-order valence-electron chi connectivity index (χ0n) is 13.8. The number of carbonyl (C=O) groups excluding carboxylic acids is 1. The van der Waals surface area contributed by atoms with Gasteiger partial charge in [-0.25, -0.2) is 0 Å². The van der Waals surface area contributed by atoms with Crippen LogP contribution < -0.4 is 0 Å². The molecule has 1 heterocycles. The quantitative estimate of drug-likeness (QED) is 0.853. The molecule has 120 valence electrons. The fourth-order valence-electron chi connectivity index (χ4n) is 3.35. The fourth-order valence-corrected chi connectivity index (χ4v) is 3.35. The number of benzene rings is 1. The van der Waals surface area contributed by atoms with Gasteiger partial charge in [0.2, 0.25) is 5.91 Å². The molecule has 1 saturated carbocycles. The van der Waals surface area contributed by atoms with Crippen molar-refractivity contribution in [3.8, 4) is 0 Å². The number of morpholine rings is 1. The van der Waals surface area contributed by atoms with Gasteiger partial charge in [0, 0.05) is 13.1 Å². The number of carbonyl (C=O) groups is 1. The SMILES string of the molecule is CC(C)c1cccc(CC(=O)N2CCOC(C3CCC3)C2)c1. The molecule has 3 heteroatoms. The number of rotatable bonds is 4. The minimum Gasteiger partial charge on any atom is -0.374 e. The molecule has 1 amide bonds. The highest BCUT2D eigenvalue weighted by atomic mass is 16.5. The van der Waals surface area contributed by atoms with E-state index in [2.05, 4.69) is 38.1 Å². The van der Waals surface area contributed by atoms with Gasteiger partial charge in [-0.2, -0.15) is 0 Å². The number of nitrogens with zero attached hydrogens (tertiary/aromatic N) is 1. The Morgan fingerprint density at radius 2 is 2.18 bits per heavy atom. The minimum atomic E-state index is 0.244. The van der Waals surface area contributed by atoms with E-state index in [1.807, 2.05) is 4.90 Å². The van der Waals surface area contributed by atoms with Crippen LogP contribution in [-0.2, 0) is 16.0 Å². The largest absolute Gasteiger partial charge is 0.374 e. The molecular formula is C19H27NO2. The van der Waals surface area contributed by atoms with Gasteiger partial charge in [0.25, 0.3) is 0 Å². The topological polar surface area (TPSA) is 29.5 Å². The molecule has 1 aromatic rings. The van der Waals surface area contributed by atoms with E-state index in [9.17, 15) is 4.79 Å². The van der Waals surface area contributed by atoms with Gasteiger partial charge in [0.15, 0.2) is 0 Å². The van der Waals surface area contributed by atoms with Crippen molar-refractivity contribution < 1.29 is 9.53 Å². The molecule has 2 fully saturated rings. The van der Waals surface area contributed by atoms with Crippen LogP contribution in [0.15, 0.2) is 24.3 Å². The maximum absolute atomic E-state index is 12.6. The highest BCUT2D eigenvalue weighted by molar-refractivity contribution is 5.79. The first-order chi connectivity index (χ1) is 10.6. The molecule has 22 heavy (non-hydrogen) atoms. The van der Waals surface area contributed by atoms with Crippen LogP contribution in [-0.4, -0.2) is 36.6 Å². The Bertz CT molecular complexity index is 522. The van der Waals surface area contributed by atoms with Crippen LogP contribution in [0.2, 0.25) is 0 Å². The molecule has 0 radical (unpaired) electrons. The maximum Gasteiger partial charge on any atom is 0.227 e. The number of ether oxygens (including phenoxy) is 1. The smallest absolute Gasteiger partial charge is 0.227 e. The molecule has 1 unspecified atom stereocenters. The highest BCUT2D eigenvalue weighted by Gasteiger charge is 2.33. The lowest BCUT2D eigenvalue weighted by Gasteiger charge is -2.40. The molecule has 1 aliphatic carbocycles. The lowest BCUT2D eigenvalue weighted by atomic mass is 9.80. The van der Waals surface area contributed by atoms with Gasteiger partial charge >= 0.3 is 0 Å². The fraction of sp³-hybridized carbons (Fsp3) is 0.632. The third-order valence-electron chi connectivity index (χ3n) is 5.09. The van der Waals surface area contributed by atoms with Gasteiger partial charge in [-0.05, 0) is 35.8 Å². The predicted octanol–water partition coefficient (Wildman–Crippen LogP) is 3.38. The second kappa shape index (κ2) is 6.82. The van der Waals surface area contributed by atoms with Crippen molar-refractivity contribution in [2.75, 3.05) is 19.7 Å². The summed E-state index contributed by atoms with van der Waals surface area (Å²) in [5, 5.41) is 0. The van der Waals surface area contributed by atoms with Crippen LogP contribution >= 0.6 is 0 Å². The lowest BCUT2D eigenvalue weighted by molar-refractivity contribution is -0.142. The summed E-state index contributed by atoms with van der Waals surface area (Å²) < 4.78 is 5.87. The second-order valence-electron chi connectivity index (χ2n) is 7.02. The van der Waals surface area contributed by atoms with E-state index in [-0.39, 0.29) is 12.0 Å². The van der Waals surface area contributed by atoms with E-state index >= 15 is 0 Å². The monoisotopic (exact) mass is 301 g/mol. The first-order valence-corrected chi connectivity index (χ1v) is 8.61. The Morgan fingerprint density at radius 1 is 1.36 bits per heavy atom. The van der Waals surface area contributed by atoms with Crippen molar-refractivity contribution in [1.29, 1.82) is 0 Å². The summed E-state index contributed by atoms with van der Waals surface area (Å²) in [5.74, 6) is 1.43. The predicted molar refractivity (Wildman–Crippen MR) is 87.9 cm³/mol. The summed E-state index contributed by atoms with van der Waals surface area (Å²) in [7, 11) is 0. The Balaban J connectivity index is 1.60. The van der Waals surface area contributed by atoms with E-state index in [0.29, 0.717) is 24.9 Å². The van der Waals surface area contributed by atoms with E-state index in [4.69, 9.17) is 4.74 Å². The van der Waals surface area contributed by atoms with E-state index < -0.39 is 0 Å². The molecule has 1 aliphatic heterocycles. The molecule has 3 nitrogen and oxygen atoms in total. The molecule has 1 atom stereocenters. The zero-order valence-corrected chi connectivity index (χ0v) is 13.8. The zero-order chi connectivity index (χ0) is 15.5. The summed E-state index contributed by atoms with van der Waals surface area (Å²) in [5.41, 5.74) is 2.43. The standard InChI is InChI=1S/C19H27NO2/c1-14(2)17-8-3-5-15(11-17)12-19(21)20-9-10-22-18(13-20)16-6-4-7-16/h3,5,8,11,14,16,18H,4,6-7,9-10,12-13H2,1-2H3. The summed E-state index contributed by atoms with van der Waals surface area (Å²) in [6.07, 6.45) is 4.64. The van der Waals surface area contributed by atoms with Gasteiger partial charge < -0.3 is 9.64 Å². The number of hydrogen-bond donors (Lipinski definition) is 0. The van der Waals surface area contributed by atoms with Crippen molar-refractivity contribution in [3.05, 3.63) is 35.4 Å². The summed E-state index contributed by atoms with van der Waals surface area (Å²) >= 11 is 0. The van der Waals surface area contributed by atoms with Crippen molar-refractivity contribution in [2.45, 2.75) is 51.6 Å². The van der Waals surface area contributed by atoms with Crippen LogP contribution in [0.4, 0.5) is 0 Å². The molecule has 2 aliphatic rings. The van der Waals surface area contributed by atoms with Gasteiger partial charge in [0.1, 0.15) is 0 Å². The van der Waals surface area contributed by atoms with Crippen molar-refractivity contribution in [2.24, 2.45) is 5.92 Å². The molecule has 1 saturated heterocycles. The summed E-state index contributed by atoms with van der Waals surface area (Å²) in [6.45, 7) is 6.59. The molecule has 0 spiro atoms. The van der Waals surface area contributed by atoms with E-state index in [1.165, 1.54) is 24.8 Å². The molecular weight excluding hydrogens is 274 g/mol. The van der Waals surface area contributed by atoms with Gasteiger partial charge in [-0.1, -0.05) is 44.5 Å². The molecule has 0 bridgehead atoms. The van der Waals surface area contributed by atoms with Crippen LogP contribution in [0.25, 0.3) is 0 Å². The number of amides is 1. The Kier molecular flexibility index (Phi) is 4.82. The third-order valence-corrected chi connectivity index (χ3v) is 5.09. The molecule has 3 rings (SSSR count). The van der Waals surface area contributed by atoms with Crippen molar-refractivity contribution >= 4 is 5.91 Å². The highest BCUT2D eigenvalue weighted by Crippen LogP contribution is 2.32. The van der Waals surface area contributed by atoms with Crippen molar-refractivity contribution in [1.82, 2.24) is 4.90 Å². The van der Waals surface area contributed by atoms with Crippen molar-refractivity contribution in [3.63, 3.8) is 0 Å². The van der Waals surface area contributed by atoms with Gasteiger partial charge in [0.05, 0.1) is 19.1 Å². The average molecular weight is 301 g/mol. The van der Waals surface area contributed by atoms with Gasteiger partial charge in [-0.15, -0.1) is 0 Å². The van der Waals surface area contributed by atoms with E-state index in [0.717, 1.165) is 18.7 Å².